The Morgan fingerprint density at radius 2 is 1.91 bits per heavy atom. The zero-order chi connectivity index (χ0) is 16.1. The van der Waals surface area contributed by atoms with E-state index in [4.69, 9.17) is 21.4 Å². The summed E-state index contributed by atoms with van der Waals surface area (Å²) in [6.45, 7) is 1.60. The first-order chi connectivity index (χ1) is 10.5. The molecule has 0 heterocycles. The van der Waals surface area contributed by atoms with Crippen LogP contribution in [0.3, 0.4) is 0 Å². The number of carboxylic acid groups (broad SMARTS) is 1. The summed E-state index contributed by atoms with van der Waals surface area (Å²) in [6.07, 6.45) is 0. The van der Waals surface area contributed by atoms with E-state index in [0.717, 1.165) is 5.56 Å². The summed E-state index contributed by atoms with van der Waals surface area (Å²) < 4.78 is 5.65. The first kappa shape index (κ1) is 15.9. The Bertz CT molecular complexity index is 701. The van der Waals surface area contributed by atoms with E-state index in [2.05, 4.69) is 5.32 Å². The van der Waals surface area contributed by atoms with E-state index in [1.807, 2.05) is 30.3 Å². The van der Waals surface area contributed by atoms with Crippen LogP contribution in [0.2, 0.25) is 5.02 Å². The van der Waals surface area contributed by atoms with E-state index in [1.54, 1.807) is 0 Å². The monoisotopic (exact) mass is 319 g/mol. The Balaban J connectivity index is 2.30. The molecule has 0 bridgehead atoms. The van der Waals surface area contributed by atoms with Crippen LogP contribution in [0.4, 0.5) is 5.69 Å². The third-order valence-electron chi connectivity index (χ3n) is 2.85. The van der Waals surface area contributed by atoms with Gasteiger partial charge in [-0.05, 0) is 11.6 Å². The fourth-order valence-electron chi connectivity index (χ4n) is 1.86. The van der Waals surface area contributed by atoms with Gasteiger partial charge in [-0.1, -0.05) is 41.9 Å². The molecule has 0 fully saturated rings. The number of anilines is 1. The molecular weight excluding hydrogens is 306 g/mol. The number of amides is 1. The third kappa shape index (κ3) is 3.99. The first-order valence-electron chi connectivity index (χ1n) is 6.48. The van der Waals surface area contributed by atoms with Gasteiger partial charge in [-0.2, -0.15) is 0 Å². The lowest BCUT2D eigenvalue weighted by molar-refractivity contribution is -0.114. The minimum atomic E-state index is -1.17. The van der Waals surface area contributed by atoms with Crippen LogP contribution in [0.25, 0.3) is 0 Å². The zero-order valence-electron chi connectivity index (χ0n) is 11.8. The van der Waals surface area contributed by atoms with E-state index in [1.165, 1.54) is 19.1 Å². The van der Waals surface area contributed by atoms with Gasteiger partial charge in [0.25, 0.3) is 0 Å². The number of benzene rings is 2. The second kappa shape index (κ2) is 6.95. The van der Waals surface area contributed by atoms with Gasteiger partial charge in [0, 0.05) is 13.0 Å². The summed E-state index contributed by atoms with van der Waals surface area (Å²) in [5.41, 5.74) is 1.11. The third-order valence-corrected chi connectivity index (χ3v) is 3.16. The van der Waals surface area contributed by atoms with E-state index in [0.29, 0.717) is 5.75 Å². The Hall–Kier alpha value is -2.53. The number of rotatable bonds is 5. The number of nitrogens with one attached hydrogen (secondary N) is 1. The summed E-state index contributed by atoms with van der Waals surface area (Å²) in [5, 5.41) is 11.7. The highest BCUT2D eigenvalue weighted by Gasteiger charge is 2.15. The van der Waals surface area contributed by atoms with Crippen molar-refractivity contribution in [2.24, 2.45) is 0 Å². The van der Waals surface area contributed by atoms with Crippen LogP contribution in [0.5, 0.6) is 5.75 Å². The summed E-state index contributed by atoms with van der Waals surface area (Å²) in [7, 11) is 0. The molecule has 2 N–H and O–H groups in total. The van der Waals surface area contributed by atoms with Crippen molar-refractivity contribution < 1.29 is 19.4 Å². The maximum absolute atomic E-state index is 11.3. The average molecular weight is 320 g/mol. The number of halogens is 1. The lowest BCUT2D eigenvalue weighted by Gasteiger charge is -2.14. The lowest BCUT2D eigenvalue weighted by Crippen LogP contribution is -2.10. The van der Waals surface area contributed by atoms with Gasteiger partial charge in [-0.3, -0.25) is 4.79 Å². The number of carbonyl (C=O) groups excluding carboxylic acids is 1. The predicted octanol–water partition coefficient (Wildman–Crippen LogP) is 3.58. The highest BCUT2D eigenvalue weighted by molar-refractivity contribution is 6.33. The van der Waals surface area contributed by atoms with Crippen LogP contribution in [0.15, 0.2) is 42.5 Å². The SMILES string of the molecule is CC(=O)Nc1cc(C(=O)O)c(Cl)cc1OCc1ccccc1. The molecule has 0 aliphatic heterocycles. The van der Waals surface area contributed by atoms with Crippen LogP contribution < -0.4 is 10.1 Å². The summed E-state index contributed by atoms with van der Waals surface area (Å²) in [5.74, 6) is -1.19. The summed E-state index contributed by atoms with van der Waals surface area (Å²) in [4.78, 5) is 22.4. The molecule has 2 rings (SSSR count). The molecule has 0 aromatic heterocycles. The maximum atomic E-state index is 11.3. The highest BCUT2D eigenvalue weighted by atomic mass is 35.5. The van der Waals surface area contributed by atoms with Crippen LogP contribution >= 0.6 is 11.6 Å². The fraction of sp³-hybridized carbons (Fsp3) is 0.125. The second-order valence-electron chi connectivity index (χ2n) is 4.59. The van der Waals surface area contributed by atoms with Gasteiger partial charge >= 0.3 is 5.97 Å². The molecule has 0 atom stereocenters. The lowest BCUT2D eigenvalue weighted by atomic mass is 10.1. The molecule has 0 spiro atoms. The molecule has 0 aliphatic carbocycles. The number of ether oxygens (including phenoxy) is 1. The minimum Gasteiger partial charge on any atom is -0.487 e. The van der Waals surface area contributed by atoms with Crippen molar-refractivity contribution in [3.63, 3.8) is 0 Å². The van der Waals surface area contributed by atoms with E-state index in [-0.39, 0.29) is 28.8 Å². The molecule has 0 aliphatic rings. The number of aromatic carboxylic acids is 1. The largest absolute Gasteiger partial charge is 0.487 e. The van der Waals surface area contributed by atoms with Crippen LogP contribution in [0, 0.1) is 0 Å². The molecule has 2 aromatic rings. The first-order valence-corrected chi connectivity index (χ1v) is 6.86. The molecule has 6 heteroatoms. The Kier molecular flexibility index (Phi) is 5.01. The van der Waals surface area contributed by atoms with Gasteiger partial charge in [0.15, 0.2) is 0 Å². The van der Waals surface area contributed by atoms with Crippen molar-refractivity contribution in [2.45, 2.75) is 13.5 Å². The number of hydrogen-bond acceptors (Lipinski definition) is 3. The smallest absolute Gasteiger partial charge is 0.337 e. The van der Waals surface area contributed by atoms with Crippen molar-refractivity contribution in [2.75, 3.05) is 5.32 Å². The highest BCUT2D eigenvalue weighted by Crippen LogP contribution is 2.32. The van der Waals surface area contributed by atoms with Gasteiger partial charge < -0.3 is 15.2 Å². The molecule has 114 valence electrons. The Morgan fingerprint density at radius 3 is 2.50 bits per heavy atom. The predicted molar refractivity (Wildman–Crippen MR) is 83.5 cm³/mol. The average Bonchev–Trinajstić information content (AvgIpc) is 2.47. The molecule has 5 nitrogen and oxygen atoms in total. The van der Waals surface area contributed by atoms with Gasteiger partial charge in [-0.25, -0.2) is 4.79 Å². The van der Waals surface area contributed by atoms with Gasteiger partial charge in [-0.15, -0.1) is 0 Å². The van der Waals surface area contributed by atoms with Crippen LogP contribution in [-0.2, 0) is 11.4 Å². The molecule has 0 radical (unpaired) electrons. The Morgan fingerprint density at radius 1 is 1.23 bits per heavy atom. The standard InChI is InChI=1S/C16H14ClNO4/c1-10(19)18-14-7-12(16(20)21)13(17)8-15(14)22-9-11-5-3-2-4-6-11/h2-8H,9H2,1H3,(H,18,19)(H,20,21). The van der Waals surface area contributed by atoms with Gasteiger partial charge in [0.2, 0.25) is 5.91 Å². The normalized spacial score (nSPS) is 10.1. The van der Waals surface area contributed by atoms with E-state index < -0.39 is 5.97 Å². The van der Waals surface area contributed by atoms with Crippen molar-refractivity contribution in [3.8, 4) is 5.75 Å². The van der Waals surface area contributed by atoms with Gasteiger partial charge in [0.05, 0.1) is 16.3 Å². The van der Waals surface area contributed by atoms with E-state index >= 15 is 0 Å². The zero-order valence-corrected chi connectivity index (χ0v) is 12.6. The molecule has 1 amide bonds. The topological polar surface area (TPSA) is 75.6 Å². The van der Waals surface area contributed by atoms with Crippen LogP contribution in [-0.4, -0.2) is 17.0 Å². The van der Waals surface area contributed by atoms with Crippen molar-refractivity contribution in [1.29, 1.82) is 0 Å². The quantitative estimate of drug-likeness (QED) is 0.883. The van der Waals surface area contributed by atoms with Crippen molar-refractivity contribution in [1.82, 2.24) is 0 Å². The van der Waals surface area contributed by atoms with Crippen molar-refractivity contribution >= 4 is 29.2 Å². The molecule has 0 unspecified atom stereocenters. The molecular formula is C16H14ClNO4. The molecule has 0 saturated carbocycles. The number of hydrogen-bond donors (Lipinski definition) is 2. The fourth-order valence-corrected chi connectivity index (χ4v) is 2.10. The van der Waals surface area contributed by atoms with Crippen LogP contribution in [0.1, 0.15) is 22.8 Å². The minimum absolute atomic E-state index is 0.0460. The van der Waals surface area contributed by atoms with Gasteiger partial charge in [0.1, 0.15) is 12.4 Å². The summed E-state index contributed by atoms with van der Waals surface area (Å²) in [6, 6.07) is 12.1. The molecule has 2 aromatic carbocycles. The second-order valence-corrected chi connectivity index (χ2v) is 5.00. The number of carboxylic acids is 1. The molecule has 0 saturated heterocycles. The van der Waals surface area contributed by atoms with E-state index in [9.17, 15) is 9.59 Å². The molecule has 22 heavy (non-hydrogen) atoms. The summed E-state index contributed by atoms with van der Waals surface area (Å²) >= 11 is 5.94. The maximum Gasteiger partial charge on any atom is 0.337 e. The van der Waals surface area contributed by atoms with Crippen molar-refractivity contribution in [3.05, 3.63) is 58.6 Å². The Labute approximate surface area is 132 Å². The number of carbonyl (C=O) groups is 2.